The Labute approximate surface area is 224 Å². The van der Waals surface area contributed by atoms with Gasteiger partial charge in [0.05, 0.1) is 35.5 Å². The molecular formula is C27H26O11S. The molecule has 0 unspecified atom stereocenters. The number of ether oxygens (including phenoxy) is 5. The zero-order valence-corrected chi connectivity index (χ0v) is 22.8. The Kier molecular flexibility index (Phi) is 7.50. The molecule has 0 aliphatic heterocycles. The number of phenols is 1. The van der Waals surface area contributed by atoms with Crippen LogP contribution in [-0.4, -0.2) is 49.1 Å². The van der Waals surface area contributed by atoms with Gasteiger partial charge in [0, 0.05) is 5.56 Å². The number of hydrogen-bond donors (Lipinski definition) is 1. The van der Waals surface area contributed by atoms with Crippen LogP contribution in [0, 0.1) is 6.92 Å². The third-order valence-corrected chi connectivity index (χ3v) is 7.14. The molecule has 0 spiro atoms. The molecule has 0 fully saturated rings. The molecule has 12 heteroatoms. The van der Waals surface area contributed by atoms with E-state index >= 15 is 0 Å². The van der Waals surface area contributed by atoms with E-state index in [1.165, 1.54) is 65.9 Å². The predicted molar refractivity (Wildman–Crippen MR) is 141 cm³/mol. The van der Waals surface area contributed by atoms with Crippen molar-refractivity contribution in [2.75, 3.05) is 35.5 Å². The van der Waals surface area contributed by atoms with Crippen molar-refractivity contribution in [3.8, 4) is 51.6 Å². The van der Waals surface area contributed by atoms with Crippen molar-refractivity contribution in [1.29, 1.82) is 0 Å². The molecule has 1 heterocycles. The van der Waals surface area contributed by atoms with Crippen molar-refractivity contribution in [2.24, 2.45) is 0 Å². The van der Waals surface area contributed by atoms with Gasteiger partial charge in [0.25, 0.3) is 0 Å². The minimum atomic E-state index is -4.16. The summed E-state index contributed by atoms with van der Waals surface area (Å²) in [5.41, 5.74) is 0.439. The molecule has 206 valence electrons. The fourth-order valence-electron chi connectivity index (χ4n) is 4.02. The highest BCUT2D eigenvalue weighted by Crippen LogP contribution is 2.51. The first-order chi connectivity index (χ1) is 18.6. The highest BCUT2D eigenvalue weighted by molar-refractivity contribution is 7.87. The maximum absolute atomic E-state index is 13.5. The van der Waals surface area contributed by atoms with E-state index in [0.29, 0.717) is 0 Å². The topological polar surface area (TPSA) is 140 Å². The molecule has 0 atom stereocenters. The number of fused-ring (bicyclic) bond motifs is 1. The molecular weight excluding hydrogens is 532 g/mol. The second kappa shape index (κ2) is 10.7. The predicted octanol–water partition coefficient (Wildman–Crippen LogP) is 4.28. The second-order valence-electron chi connectivity index (χ2n) is 8.16. The normalized spacial score (nSPS) is 11.2. The molecule has 4 aromatic rings. The van der Waals surface area contributed by atoms with Crippen LogP contribution in [0.2, 0.25) is 0 Å². The van der Waals surface area contributed by atoms with E-state index in [-0.39, 0.29) is 61.7 Å². The molecule has 0 radical (unpaired) electrons. The van der Waals surface area contributed by atoms with Gasteiger partial charge in [-0.25, -0.2) is 0 Å². The van der Waals surface area contributed by atoms with E-state index in [1.54, 1.807) is 12.1 Å². The van der Waals surface area contributed by atoms with Crippen molar-refractivity contribution < 1.29 is 45.8 Å². The number of aromatic hydroxyl groups is 1. The van der Waals surface area contributed by atoms with Gasteiger partial charge in [-0.3, -0.25) is 4.79 Å². The lowest BCUT2D eigenvalue weighted by Gasteiger charge is -2.17. The summed E-state index contributed by atoms with van der Waals surface area (Å²) in [6.45, 7) is 1.84. The molecule has 1 N–H and O–H groups in total. The molecule has 4 rings (SSSR count). The first kappa shape index (κ1) is 27.5. The van der Waals surface area contributed by atoms with Crippen LogP contribution in [-0.2, 0) is 10.1 Å². The number of methoxy groups -OCH3 is 5. The van der Waals surface area contributed by atoms with E-state index in [1.807, 2.05) is 6.92 Å². The number of rotatable bonds is 9. The minimum absolute atomic E-state index is 0.0281. The van der Waals surface area contributed by atoms with Crippen LogP contribution in [0.1, 0.15) is 5.56 Å². The summed E-state index contributed by atoms with van der Waals surface area (Å²) in [4.78, 5) is 13.5. The molecule has 0 saturated heterocycles. The lowest BCUT2D eigenvalue weighted by atomic mass is 10.1. The molecule has 0 aliphatic carbocycles. The molecule has 0 amide bonds. The molecule has 0 bridgehead atoms. The highest BCUT2D eigenvalue weighted by Gasteiger charge is 2.30. The Morgan fingerprint density at radius 1 is 0.744 bits per heavy atom. The van der Waals surface area contributed by atoms with Crippen LogP contribution < -0.4 is 33.3 Å². The van der Waals surface area contributed by atoms with Crippen LogP contribution in [0.15, 0.2) is 56.6 Å². The summed E-state index contributed by atoms with van der Waals surface area (Å²) < 4.78 is 63.8. The second-order valence-corrected chi connectivity index (χ2v) is 9.71. The summed E-state index contributed by atoms with van der Waals surface area (Å²) in [5.74, 6) is -1.10. The number of aryl methyl sites for hydroxylation is 1. The highest BCUT2D eigenvalue weighted by atomic mass is 32.2. The quantitative estimate of drug-likeness (QED) is 0.294. The largest absolute Gasteiger partial charge is 0.502 e. The van der Waals surface area contributed by atoms with E-state index in [9.17, 15) is 18.3 Å². The number of hydrogen-bond acceptors (Lipinski definition) is 11. The van der Waals surface area contributed by atoms with Gasteiger partial charge < -0.3 is 37.4 Å². The molecule has 0 aliphatic rings. The maximum Gasteiger partial charge on any atom is 0.339 e. The molecule has 3 aromatic carbocycles. The number of benzene rings is 3. The zero-order valence-electron chi connectivity index (χ0n) is 22.0. The molecule has 39 heavy (non-hydrogen) atoms. The van der Waals surface area contributed by atoms with Gasteiger partial charge in [-0.2, -0.15) is 8.42 Å². The Balaban J connectivity index is 1.91. The van der Waals surface area contributed by atoms with Crippen molar-refractivity contribution in [1.82, 2.24) is 0 Å². The lowest BCUT2D eigenvalue weighted by molar-refractivity contribution is 0.316. The molecule has 11 nitrogen and oxygen atoms in total. The van der Waals surface area contributed by atoms with Gasteiger partial charge in [0.15, 0.2) is 28.6 Å². The van der Waals surface area contributed by atoms with Crippen molar-refractivity contribution in [3.63, 3.8) is 0 Å². The van der Waals surface area contributed by atoms with Gasteiger partial charge in [-0.05, 0) is 37.3 Å². The monoisotopic (exact) mass is 558 g/mol. The fourth-order valence-corrected chi connectivity index (χ4v) is 4.96. The minimum Gasteiger partial charge on any atom is -0.502 e. The molecule has 1 aromatic heterocycles. The summed E-state index contributed by atoms with van der Waals surface area (Å²) in [6.07, 6.45) is 0. The third kappa shape index (κ3) is 4.74. The summed E-state index contributed by atoms with van der Waals surface area (Å²) in [5, 5.41) is 10.5. The van der Waals surface area contributed by atoms with E-state index in [4.69, 9.17) is 32.3 Å². The Morgan fingerprint density at radius 2 is 1.36 bits per heavy atom. The summed E-state index contributed by atoms with van der Waals surface area (Å²) >= 11 is 0. The average Bonchev–Trinajstić information content (AvgIpc) is 2.92. The van der Waals surface area contributed by atoms with E-state index in [2.05, 4.69) is 0 Å². The smallest absolute Gasteiger partial charge is 0.339 e. The van der Waals surface area contributed by atoms with Gasteiger partial charge in [-0.15, -0.1) is 0 Å². The van der Waals surface area contributed by atoms with Crippen LogP contribution in [0.3, 0.4) is 0 Å². The fraction of sp³-hybridized carbons (Fsp3) is 0.222. The average molecular weight is 559 g/mol. The van der Waals surface area contributed by atoms with Gasteiger partial charge >= 0.3 is 10.1 Å². The Morgan fingerprint density at radius 3 is 1.92 bits per heavy atom. The summed E-state index contributed by atoms with van der Waals surface area (Å²) in [7, 11) is 2.34. The van der Waals surface area contributed by atoms with Crippen molar-refractivity contribution in [3.05, 3.63) is 58.3 Å². The van der Waals surface area contributed by atoms with E-state index in [0.717, 1.165) is 5.56 Å². The van der Waals surface area contributed by atoms with Crippen LogP contribution >= 0.6 is 0 Å². The molecule has 0 saturated carbocycles. The SMILES string of the molecule is COc1cc(-c2oc3c(OC)c(OC)c(O)c(OC)c3c(=O)c2OC)ccc1OS(=O)(=O)c1ccc(C)cc1. The van der Waals surface area contributed by atoms with Gasteiger partial charge in [-0.1, -0.05) is 17.7 Å². The Hall–Kier alpha value is -4.58. The van der Waals surface area contributed by atoms with Gasteiger partial charge in [0.2, 0.25) is 28.4 Å². The standard InChI is InChI=1S/C27H26O11S/c1-14-7-10-16(11-8-14)39(30,31)38-17-12-9-15(13-18(17)32-2)22-25(34-4)20(28)19-23(33-3)21(29)26(35-5)27(36-6)24(19)37-22/h7-13,29H,1-6H3. The van der Waals surface area contributed by atoms with Crippen molar-refractivity contribution in [2.45, 2.75) is 11.8 Å². The summed E-state index contributed by atoms with van der Waals surface area (Å²) in [6, 6.07) is 10.4. The zero-order chi connectivity index (χ0) is 28.5. The number of phenolic OH excluding ortho intramolecular Hbond substituents is 1. The van der Waals surface area contributed by atoms with Crippen LogP contribution in [0.4, 0.5) is 0 Å². The van der Waals surface area contributed by atoms with Gasteiger partial charge in [0.1, 0.15) is 10.3 Å². The van der Waals surface area contributed by atoms with E-state index < -0.39 is 21.3 Å². The maximum atomic E-state index is 13.5. The Bertz CT molecular complexity index is 1710. The van der Waals surface area contributed by atoms with Crippen LogP contribution in [0.25, 0.3) is 22.3 Å². The lowest BCUT2D eigenvalue weighted by Crippen LogP contribution is -2.11. The third-order valence-electron chi connectivity index (χ3n) is 5.89. The van der Waals surface area contributed by atoms with Crippen molar-refractivity contribution >= 4 is 21.1 Å². The first-order valence-corrected chi connectivity index (χ1v) is 12.8. The first-order valence-electron chi connectivity index (χ1n) is 11.4. The van der Waals surface area contributed by atoms with Crippen LogP contribution in [0.5, 0.6) is 40.2 Å².